The smallest absolute Gasteiger partial charge is 0.0622 e. The van der Waals surface area contributed by atoms with E-state index in [2.05, 4.69) is 13.8 Å². The van der Waals surface area contributed by atoms with Gasteiger partial charge in [-0.15, -0.1) is 0 Å². The molecule has 2 aliphatic carbocycles. The Balaban J connectivity index is 2.08. The summed E-state index contributed by atoms with van der Waals surface area (Å²) in [6.45, 7) is 6.66. The summed E-state index contributed by atoms with van der Waals surface area (Å²) < 4.78 is 0. The van der Waals surface area contributed by atoms with Gasteiger partial charge < -0.3 is 5.11 Å². The first-order chi connectivity index (χ1) is 4.93. The monoisotopic (exact) mass is 154 g/mol. The first-order valence-electron chi connectivity index (χ1n) is 4.66. The van der Waals surface area contributed by atoms with Gasteiger partial charge in [-0.2, -0.15) is 0 Å². The quantitative estimate of drug-likeness (QED) is 0.567. The third-order valence-electron chi connectivity index (χ3n) is 3.94. The lowest BCUT2D eigenvalue weighted by Gasteiger charge is -2.26. The highest BCUT2D eigenvalue weighted by Crippen LogP contribution is 2.66. The number of rotatable bonds is 0. The van der Waals surface area contributed by atoms with Gasteiger partial charge in [-0.25, -0.2) is 0 Å². The summed E-state index contributed by atoms with van der Waals surface area (Å²) in [5, 5.41) is 9.80. The van der Waals surface area contributed by atoms with Crippen LogP contribution >= 0.6 is 0 Å². The molecule has 0 heterocycles. The zero-order valence-corrected chi connectivity index (χ0v) is 7.72. The molecule has 0 bridgehead atoms. The Bertz CT molecular complexity index is 179. The Morgan fingerprint density at radius 3 is 2.27 bits per heavy atom. The van der Waals surface area contributed by atoms with E-state index in [0.29, 0.717) is 5.41 Å². The molecule has 0 spiro atoms. The van der Waals surface area contributed by atoms with Gasteiger partial charge in [0.15, 0.2) is 0 Å². The van der Waals surface area contributed by atoms with E-state index in [1.807, 2.05) is 6.92 Å². The molecule has 0 aromatic rings. The van der Waals surface area contributed by atoms with Crippen LogP contribution in [0.15, 0.2) is 0 Å². The molecule has 0 aliphatic heterocycles. The molecule has 0 aromatic carbocycles. The Morgan fingerprint density at radius 1 is 1.18 bits per heavy atom. The molecule has 3 atom stereocenters. The van der Waals surface area contributed by atoms with E-state index in [4.69, 9.17) is 0 Å². The predicted molar refractivity (Wildman–Crippen MR) is 45.2 cm³/mol. The Morgan fingerprint density at radius 2 is 1.82 bits per heavy atom. The topological polar surface area (TPSA) is 20.2 Å². The predicted octanol–water partition coefficient (Wildman–Crippen LogP) is 2.19. The largest absolute Gasteiger partial charge is 0.390 e. The zero-order valence-electron chi connectivity index (χ0n) is 7.72. The molecule has 2 aliphatic rings. The number of hydrogen-bond donors (Lipinski definition) is 1. The van der Waals surface area contributed by atoms with Gasteiger partial charge in [0.2, 0.25) is 0 Å². The van der Waals surface area contributed by atoms with Gasteiger partial charge in [-0.3, -0.25) is 0 Å². The summed E-state index contributed by atoms with van der Waals surface area (Å²) in [5.41, 5.74) is 0.190. The van der Waals surface area contributed by atoms with Crippen molar-refractivity contribution in [1.29, 1.82) is 0 Å². The van der Waals surface area contributed by atoms with E-state index in [0.717, 1.165) is 24.7 Å². The van der Waals surface area contributed by atoms with E-state index >= 15 is 0 Å². The summed E-state index contributed by atoms with van der Waals surface area (Å²) in [4.78, 5) is 0. The molecule has 0 radical (unpaired) electrons. The molecule has 11 heavy (non-hydrogen) atoms. The van der Waals surface area contributed by atoms with Crippen LogP contribution < -0.4 is 0 Å². The molecule has 3 unspecified atom stereocenters. The highest BCUT2D eigenvalue weighted by atomic mass is 16.3. The third-order valence-corrected chi connectivity index (χ3v) is 3.94. The second-order valence-electron chi connectivity index (χ2n) is 5.27. The van der Waals surface area contributed by atoms with Gasteiger partial charge in [0.25, 0.3) is 0 Å². The molecule has 0 aromatic heterocycles. The molecule has 0 saturated heterocycles. The van der Waals surface area contributed by atoms with Crippen molar-refractivity contribution in [3.8, 4) is 0 Å². The third kappa shape index (κ3) is 1.01. The second kappa shape index (κ2) is 1.82. The van der Waals surface area contributed by atoms with Gasteiger partial charge >= 0.3 is 0 Å². The maximum Gasteiger partial charge on any atom is 0.0622 e. The normalized spacial score (nSPS) is 53.5. The average Bonchev–Trinajstić information content (AvgIpc) is 2.32. The number of hydrogen-bond acceptors (Lipinski definition) is 1. The molecule has 64 valence electrons. The summed E-state index contributed by atoms with van der Waals surface area (Å²) in [7, 11) is 0. The van der Waals surface area contributed by atoms with E-state index in [1.165, 1.54) is 6.42 Å². The summed E-state index contributed by atoms with van der Waals surface area (Å²) >= 11 is 0. The molecule has 2 saturated carbocycles. The van der Waals surface area contributed by atoms with Crippen molar-refractivity contribution >= 4 is 0 Å². The molecule has 2 rings (SSSR count). The Hall–Kier alpha value is -0.0400. The zero-order chi connectivity index (χ0) is 8.28. The Labute approximate surface area is 68.8 Å². The lowest BCUT2D eigenvalue weighted by Crippen LogP contribution is -2.28. The molecule has 1 nitrogen and oxygen atoms in total. The Kier molecular flexibility index (Phi) is 1.26. The highest BCUT2D eigenvalue weighted by molar-refractivity contribution is 5.10. The minimum atomic E-state index is -0.352. The van der Waals surface area contributed by atoms with Gasteiger partial charge in [0.05, 0.1) is 5.60 Å². The first-order valence-corrected chi connectivity index (χ1v) is 4.66. The number of fused-ring (bicyclic) bond motifs is 1. The van der Waals surface area contributed by atoms with Gasteiger partial charge in [-0.1, -0.05) is 13.8 Å². The van der Waals surface area contributed by atoms with Crippen LogP contribution in [0.1, 0.15) is 40.0 Å². The van der Waals surface area contributed by atoms with Crippen molar-refractivity contribution in [1.82, 2.24) is 0 Å². The standard InChI is InChI=1S/C10H18O/c1-9(2)7-4-5-10(3,11)6-8(7)9/h7-8,11H,4-6H2,1-3H3. The van der Waals surface area contributed by atoms with Crippen LogP contribution in [0.5, 0.6) is 0 Å². The minimum Gasteiger partial charge on any atom is -0.390 e. The fraction of sp³-hybridized carbons (Fsp3) is 1.00. The van der Waals surface area contributed by atoms with Crippen molar-refractivity contribution in [3.05, 3.63) is 0 Å². The SMILES string of the molecule is CC1(O)CCC2C(C1)C2(C)C. The minimum absolute atomic E-state index is 0.352. The molecular weight excluding hydrogens is 136 g/mol. The van der Waals surface area contributed by atoms with Crippen molar-refractivity contribution in [2.45, 2.75) is 45.6 Å². The van der Waals surface area contributed by atoms with Crippen LogP contribution in [0.4, 0.5) is 0 Å². The molecule has 0 amide bonds. The van der Waals surface area contributed by atoms with Crippen LogP contribution in [-0.4, -0.2) is 10.7 Å². The molecule has 1 heteroatoms. The second-order valence-corrected chi connectivity index (χ2v) is 5.27. The van der Waals surface area contributed by atoms with Crippen LogP contribution in [0.2, 0.25) is 0 Å². The maximum absolute atomic E-state index is 9.80. The maximum atomic E-state index is 9.80. The van der Waals surface area contributed by atoms with Crippen LogP contribution in [0.3, 0.4) is 0 Å². The van der Waals surface area contributed by atoms with Gasteiger partial charge in [0, 0.05) is 0 Å². The summed E-state index contributed by atoms with van der Waals surface area (Å²) in [5.74, 6) is 1.73. The highest BCUT2D eigenvalue weighted by Gasteiger charge is 2.60. The van der Waals surface area contributed by atoms with Crippen LogP contribution in [0.25, 0.3) is 0 Å². The average molecular weight is 154 g/mol. The van der Waals surface area contributed by atoms with Crippen LogP contribution in [-0.2, 0) is 0 Å². The molecule has 1 N–H and O–H groups in total. The van der Waals surface area contributed by atoms with Gasteiger partial charge in [-0.05, 0) is 43.4 Å². The van der Waals surface area contributed by atoms with Crippen LogP contribution in [0, 0.1) is 17.3 Å². The fourth-order valence-electron chi connectivity index (χ4n) is 2.88. The summed E-state index contributed by atoms with van der Waals surface area (Å²) in [6, 6.07) is 0. The lowest BCUT2D eigenvalue weighted by molar-refractivity contribution is 0.0179. The molecule has 2 fully saturated rings. The number of aliphatic hydroxyl groups is 1. The van der Waals surface area contributed by atoms with Crippen molar-refractivity contribution in [2.24, 2.45) is 17.3 Å². The summed E-state index contributed by atoms with van der Waals surface area (Å²) in [6.07, 6.45) is 3.28. The van der Waals surface area contributed by atoms with E-state index in [1.54, 1.807) is 0 Å². The van der Waals surface area contributed by atoms with E-state index in [9.17, 15) is 5.11 Å². The fourth-order valence-corrected chi connectivity index (χ4v) is 2.88. The van der Waals surface area contributed by atoms with Crippen molar-refractivity contribution < 1.29 is 5.11 Å². The lowest BCUT2D eigenvalue weighted by atomic mass is 9.87. The molecular formula is C10H18O. The van der Waals surface area contributed by atoms with E-state index < -0.39 is 0 Å². The van der Waals surface area contributed by atoms with Crippen molar-refractivity contribution in [3.63, 3.8) is 0 Å². The first kappa shape index (κ1) is 7.60. The van der Waals surface area contributed by atoms with Gasteiger partial charge in [0.1, 0.15) is 0 Å². The van der Waals surface area contributed by atoms with E-state index in [-0.39, 0.29) is 5.60 Å². The van der Waals surface area contributed by atoms with Crippen molar-refractivity contribution in [2.75, 3.05) is 0 Å².